The summed E-state index contributed by atoms with van der Waals surface area (Å²) in [6.45, 7) is 12.1. The molecule has 7 aromatic rings. The summed E-state index contributed by atoms with van der Waals surface area (Å²) in [6, 6.07) is 43.8. The van der Waals surface area contributed by atoms with Crippen molar-refractivity contribution in [3.05, 3.63) is 176 Å². The molecule has 0 unspecified atom stereocenters. The minimum Gasteiger partial charge on any atom is -0.414 e. The normalized spacial score (nSPS) is 9.89. The van der Waals surface area contributed by atoms with Crippen molar-refractivity contribution < 1.29 is 29.5 Å². The van der Waals surface area contributed by atoms with E-state index in [0.717, 1.165) is 27.7 Å². The zero-order chi connectivity index (χ0) is 31.2. The molecule has 7 rings (SSSR count). The molecule has 0 aliphatic rings. The Bertz CT molecular complexity index is 1870. The van der Waals surface area contributed by atoms with Crippen molar-refractivity contribution >= 4 is 21.5 Å². The first kappa shape index (κ1) is 34.2. The second kappa shape index (κ2) is 17.1. The summed E-state index contributed by atoms with van der Waals surface area (Å²) >= 11 is 0. The first-order chi connectivity index (χ1) is 21.4. The molecule has 0 fully saturated rings. The van der Waals surface area contributed by atoms with Crippen molar-refractivity contribution in [1.82, 2.24) is 10.2 Å². The van der Waals surface area contributed by atoms with Gasteiger partial charge in [-0.2, -0.15) is 36.4 Å². The molecular formula is C39H32IrN5-3. The van der Waals surface area contributed by atoms with Crippen molar-refractivity contribution in [2.75, 3.05) is 0 Å². The third kappa shape index (κ3) is 10.2. The Morgan fingerprint density at radius 3 is 1.56 bits per heavy atom. The molecule has 2 heterocycles. The number of benzene rings is 5. The van der Waals surface area contributed by atoms with E-state index in [1.54, 1.807) is 21.8 Å². The molecular weight excluding hydrogens is 731 g/mol. The van der Waals surface area contributed by atoms with E-state index in [9.17, 15) is 0 Å². The number of aromatic nitrogens is 4. The minimum atomic E-state index is -0.167. The van der Waals surface area contributed by atoms with Crippen LogP contribution >= 0.6 is 0 Å². The predicted octanol–water partition coefficient (Wildman–Crippen LogP) is 7.07. The van der Waals surface area contributed by atoms with Gasteiger partial charge in [0, 0.05) is 40.9 Å². The Morgan fingerprint density at radius 1 is 0.667 bits per heavy atom. The molecule has 0 aliphatic carbocycles. The number of hydrogen-bond donors (Lipinski definition) is 0. The molecule has 0 aliphatic heterocycles. The van der Waals surface area contributed by atoms with Gasteiger partial charge < -0.3 is 21.5 Å². The molecule has 0 atom stereocenters. The number of rotatable bonds is 2. The molecule has 0 saturated carbocycles. The Kier molecular flexibility index (Phi) is 13.0. The van der Waals surface area contributed by atoms with E-state index in [2.05, 4.69) is 51.3 Å². The van der Waals surface area contributed by atoms with E-state index in [1.807, 2.05) is 130 Å². The van der Waals surface area contributed by atoms with Crippen LogP contribution in [0.1, 0.15) is 26.3 Å². The molecule has 45 heavy (non-hydrogen) atoms. The average molecular weight is 763 g/mol. The monoisotopic (exact) mass is 763 g/mol. The molecule has 6 heteroatoms. The number of fused-ring (bicyclic) bond motifs is 3. The van der Waals surface area contributed by atoms with Crippen LogP contribution in [0.4, 0.5) is 0 Å². The molecule has 5 nitrogen and oxygen atoms in total. The molecule has 0 saturated heterocycles. The molecule has 0 spiro atoms. The van der Waals surface area contributed by atoms with Crippen molar-refractivity contribution in [2.24, 2.45) is 0 Å². The topological polar surface area (TPSA) is 40.3 Å². The molecule has 0 amide bonds. The Morgan fingerprint density at radius 2 is 1.13 bits per heavy atom. The Labute approximate surface area is 279 Å². The second-order valence-electron chi connectivity index (χ2n) is 10.5. The van der Waals surface area contributed by atoms with E-state index < -0.39 is 0 Å². The molecule has 5 aromatic carbocycles. The summed E-state index contributed by atoms with van der Waals surface area (Å²) in [7, 11) is 0. The van der Waals surface area contributed by atoms with E-state index in [-0.39, 0.29) is 25.6 Å². The summed E-state index contributed by atoms with van der Waals surface area (Å²) in [5, 5.41) is 12.8. The van der Waals surface area contributed by atoms with Gasteiger partial charge in [0.1, 0.15) is 0 Å². The Balaban J connectivity index is 0.000000171. The van der Waals surface area contributed by atoms with Gasteiger partial charge in [0.25, 0.3) is 0 Å². The smallest absolute Gasteiger partial charge is 0.224 e. The van der Waals surface area contributed by atoms with Crippen LogP contribution in [-0.4, -0.2) is 5.54 Å². The summed E-state index contributed by atoms with van der Waals surface area (Å²) in [4.78, 5) is 3.27. The molecule has 0 bridgehead atoms. The fourth-order valence-corrected chi connectivity index (χ4v) is 4.03. The maximum atomic E-state index is 7.35. The number of hydrogen-bond acceptors (Lipinski definition) is 0. The minimum absolute atomic E-state index is 0. The van der Waals surface area contributed by atoms with Crippen LogP contribution in [0.5, 0.6) is 0 Å². The van der Waals surface area contributed by atoms with Crippen LogP contribution in [0.2, 0.25) is 0 Å². The van der Waals surface area contributed by atoms with E-state index in [0.29, 0.717) is 0 Å². The fourth-order valence-electron chi connectivity index (χ4n) is 4.03. The number of para-hydroxylation sites is 2. The van der Waals surface area contributed by atoms with Gasteiger partial charge in [-0.25, -0.2) is 6.57 Å². The summed E-state index contributed by atoms with van der Waals surface area (Å²) in [5.41, 5.74) is 2.63. The van der Waals surface area contributed by atoms with Gasteiger partial charge in [0.05, 0.1) is 11.4 Å². The molecule has 225 valence electrons. The zero-order valence-corrected chi connectivity index (χ0v) is 27.7. The largest absolute Gasteiger partial charge is 0.414 e. The van der Waals surface area contributed by atoms with Crippen LogP contribution < -0.4 is 19.6 Å². The van der Waals surface area contributed by atoms with E-state index in [4.69, 9.17) is 13.0 Å². The van der Waals surface area contributed by atoms with Crippen LogP contribution in [0.25, 0.3) is 37.8 Å². The van der Waals surface area contributed by atoms with Gasteiger partial charge in [0.2, 0.25) is 5.54 Å². The standard InChI is InChI=1S/C16H9.2C9H7N2.C5H9N.Ir/c1-2-12-11-13-7-3-4-9-15(13)16-10-6-5-8-14(12)16;2*1-2-5-9(6-3-1)11-8-4-7-10-11;1-5(2,3)6-4;/h3-11H;2*1-5,7-8H;1-3H3;/q3*-1;;. The van der Waals surface area contributed by atoms with Gasteiger partial charge in [-0.15, -0.1) is 48.3 Å². The van der Waals surface area contributed by atoms with Crippen LogP contribution in [0.3, 0.4) is 0 Å². The molecule has 1 radical (unpaired) electrons. The van der Waals surface area contributed by atoms with Gasteiger partial charge in [-0.1, -0.05) is 53.9 Å². The first-order valence-electron chi connectivity index (χ1n) is 14.0. The van der Waals surface area contributed by atoms with Gasteiger partial charge in [0.15, 0.2) is 12.4 Å². The van der Waals surface area contributed by atoms with Gasteiger partial charge in [-0.3, -0.25) is 15.3 Å². The maximum absolute atomic E-state index is 7.35. The summed E-state index contributed by atoms with van der Waals surface area (Å²) < 4.78 is 3.56. The van der Waals surface area contributed by atoms with Gasteiger partial charge >= 0.3 is 0 Å². The predicted molar refractivity (Wildman–Crippen MR) is 174 cm³/mol. The second-order valence-corrected chi connectivity index (χ2v) is 10.5. The fraction of sp³-hybridized carbons (Fsp3) is 0.103. The first-order valence-corrected chi connectivity index (χ1v) is 14.0. The Hall–Kier alpha value is -5.26. The summed E-state index contributed by atoms with van der Waals surface area (Å²) in [6.07, 6.45) is 14.6. The third-order valence-corrected chi connectivity index (χ3v) is 6.13. The van der Waals surface area contributed by atoms with Crippen LogP contribution in [0, 0.1) is 31.0 Å². The van der Waals surface area contributed by atoms with Crippen molar-refractivity contribution in [1.29, 1.82) is 0 Å². The van der Waals surface area contributed by atoms with Crippen molar-refractivity contribution in [2.45, 2.75) is 26.3 Å². The van der Waals surface area contributed by atoms with Crippen LogP contribution in [-0.2, 0) is 20.1 Å². The third-order valence-electron chi connectivity index (χ3n) is 6.13. The SMILES string of the molecule is [C-]#Cc1cc2ccccc2c2ccccc12.[C-]#[N+]C(C)(C)C.[Ir].[c-]1ccccc1-[n+]1ccc[n-]1.[c-]1ccccc1-[n+]1ccc[n-]1. The van der Waals surface area contributed by atoms with Crippen molar-refractivity contribution in [3.63, 3.8) is 0 Å². The number of nitrogens with zero attached hydrogens (tertiary/aromatic N) is 5. The van der Waals surface area contributed by atoms with Crippen LogP contribution in [0.15, 0.2) is 140 Å². The average Bonchev–Trinajstić information content (AvgIpc) is 3.82. The van der Waals surface area contributed by atoms with Crippen molar-refractivity contribution in [3.8, 4) is 17.3 Å². The maximum Gasteiger partial charge on any atom is 0.224 e. The summed E-state index contributed by atoms with van der Waals surface area (Å²) in [5.74, 6) is 2.51. The zero-order valence-electron chi connectivity index (χ0n) is 25.3. The molecule has 0 N–H and O–H groups in total. The quantitative estimate of drug-likeness (QED) is 0.0819. The van der Waals surface area contributed by atoms with E-state index in [1.165, 1.54) is 10.8 Å². The van der Waals surface area contributed by atoms with E-state index >= 15 is 0 Å². The van der Waals surface area contributed by atoms with Gasteiger partial charge in [-0.05, 0) is 28.3 Å². The molecule has 2 aromatic heterocycles.